The summed E-state index contributed by atoms with van der Waals surface area (Å²) in [7, 11) is 1.52. The van der Waals surface area contributed by atoms with Gasteiger partial charge in [0.2, 0.25) is 5.91 Å². The maximum absolute atomic E-state index is 11.1. The van der Waals surface area contributed by atoms with Gasteiger partial charge in [0.1, 0.15) is 5.70 Å². The van der Waals surface area contributed by atoms with Crippen molar-refractivity contribution < 1.29 is 24.2 Å². The number of methoxy groups -OCH3 is 1. The minimum Gasteiger partial charge on any atom is -0.493 e. The molecule has 22 heavy (non-hydrogen) atoms. The van der Waals surface area contributed by atoms with Crippen LogP contribution in [0.2, 0.25) is 0 Å². The lowest BCUT2D eigenvalue weighted by Crippen LogP contribution is -2.24. The van der Waals surface area contributed by atoms with E-state index in [2.05, 4.69) is 12.2 Å². The molecule has 0 atom stereocenters. The Morgan fingerprint density at radius 2 is 2.05 bits per heavy atom. The predicted molar refractivity (Wildman–Crippen MR) is 82.8 cm³/mol. The van der Waals surface area contributed by atoms with Crippen molar-refractivity contribution in [2.75, 3.05) is 13.7 Å². The van der Waals surface area contributed by atoms with Crippen LogP contribution in [-0.4, -0.2) is 30.7 Å². The second-order valence-corrected chi connectivity index (χ2v) is 4.66. The van der Waals surface area contributed by atoms with E-state index in [4.69, 9.17) is 14.6 Å². The number of hydrogen-bond acceptors (Lipinski definition) is 4. The number of carboxylic acid groups (broad SMARTS) is 1. The predicted octanol–water partition coefficient (Wildman–Crippen LogP) is 2.44. The van der Waals surface area contributed by atoms with Crippen molar-refractivity contribution in [2.24, 2.45) is 0 Å². The molecule has 6 nitrogen and oxygen atoms in total. The molecule has 1 aromatic carbocycles. The number of rotatable bonds is 8. The molecule has 0 bridgehead atoms. The van der Waals surface area contributed by atoms with Crippen molar-refractivity contribution in [1.82, 2.24) is 5.32 Å². The van der Waals surface area contributed by atoms with Crippen LogP contribution in [0.25, 0.3) is 6.08 Å². The third kappa shape index (κ3) is 5.47. The third-order valence-corrected chi connectivity index (χ3v) is 2.80. The van der Waals surface area contributed by atoms with Gasteiger partial charge in [0.15, 0.2) is 11.5 Å². The number of nitrogens with one attached hydrogen (secondary N) is 1. The highest BCUT2D eigenvalue weighted by Gasteiger charge is 2.10. The number of amides is 1. The zero-order chi connectivity index (χ0) is 16.5. The van der Waals surface area contributed by atoms with Crippen LogP contribution in [0.5, 0.6) is 11.5 Å². The second kappa shape index (κ2) is 8.71. The molecule has 0 heterocycles. The molecule has 0 fully saturated rings. The SMILES string of the molecule is CCCCOc1ccc(/C=C(/NC(C)=O)C(=O)O)cc1OC. The zero-order valence-corrected chi connectivity index (χ0v) is 13.0. The van der Waals surface area contributed by atoms with Gasteiger partial charge in [-0.2, -0.15) is 0 Å². The minimum atomic E-state index is -1.21. The van der Waals surface area contributed by atoms with E-state index >= 15 is 0 Å². The van der Waals surface area contributed by atoms with E-state index < -0.39 is 11.9 Å². The Bertz CT molecular complexity index is 566. The summed E-state index contributed by atoms with van der Waals surface area (Å²) in [6, 6.07) is 5.08. The molecule has 0 unspecified atom stereocenters. The highest BCUT2D eigenvalue weighted by atomic mass is 16.5. The Hall–Kier alpha value is -2.50. The topological polar surface area (TPSA) is 84.9 Å². The Balaban J connectivity index is 3.00. The summed E-state index contributed by atoms with van der Waals surface area (Å²) >= 11 is 0. The smallest absolute Gasteiger partial charge is 0.352 e. The molecule has 1 rings (SSSR count). The van der Waals surface area contributed by atoms with Crippen molar-refractivity contribution in [1.29, 1.82) is 0 Å². The van der Waals surface area contributed by atoms with Gasteiger partial charge in [0.05, 0.1) is 13.7 Å². The summed E-state index contributed by atoms with van der Waals surface area (Å²) in [5, 5.41) is 11.3. The number of carbonyl (C=O) groups excluding carboxylic acids is 1. The summed E-state index contributed by atoms with van der Waals surface area (Å²) in [6.45, 7) is 3.92. The molecule has 0 aliphatic carbocycles. The van der Waals surface area contributed by atoms with Crippen molar-refractivity contribution in [3.63, 3.8) is 0 Å². The highest BCUT2D eigenvalue weighted by Crippen LogP contribution is 2.29. The fraction of sp³-hybridized carbons (Fsp3) is 0.375. The van der Waals surface area contributed by atoms with Gasteiger partial charge in [-0.05, 0) is 30.2 Å². The van der Waals surface area contributed by atoms with Crippen LogP contribution in [0, 0.1) is 0 Å². The quantitative estimate of drug-likeness (QED) is 0.569. The first-order chi connectivity index (χ1) is 10.5. The van der Waals surface area contributed by atoms with Crippen molar-refractivity contribution in [3.8, 4) is 11.5 Å². The van der Waals surface area contributed by atoms with E-state index in [-0.39, 0.29) is 5.70 Å². The van der Waals surface area contributed by atoms with Crippen LogP contribution in [-0.2, 0) is 9.59 Å². The van der Waals surface area contributed by atoms with Gasteiger partial charge in [-0.25, -0.2) is 4.79 Å². The monoisotopic (exact) mass is 307 g/mol. The van der Waals surface area contributed by atoms with E-state index in [9.17, 15) is 9.59 Å². The summed E-state index contributed by atoms with van der Waals surface area (Å²) in [5.41, 5.74) is 0.389. The number of carbonyl (C=O) groups is 2. The Morgan fingerprint density at radius 3 is 2.59 bits per heavy atom. The minimum absolute atomic E-state index is 0.200. The fourth-order valence-electron chi connectivity index (χ4n) is 1.73. The van der Waals surface area contributed by atoms with E-state index in [1.807, 2.05) is 0 Å². The third-order valence-electron chi connectivity index (χ3n) is 2.80. The fourth-order valence-corrected chi connectivity index (χ4v) is 1.73. The van der Waals surface area contributed by atoms with E-state index in [0.717, 1.165) is 12.8 Å². The summed E-state index contributed by atoms with van der Waals surface area (Å²) in [4.78, 5) is 22.1. The molecular weight excluding hydrogens is 286 g/mol. The number of unbranched alkanes of at least 4 members (excludes halogenated alkanes) is 1. The summed E-state index contributed by atoms with van der Waals surface area (Å²) in [5.74, 6) is -0.542. The maximum Gasteiger partial charge on any atom is 0.352 e. The molecule has 0 aromatic heterocycles. The normalized spacial score (nSPS) is 11.0. The van der Waals surface area contributed by atoms with Gasteiger partial charge in [0, 0.05) is 6.92 Å². The number of carboxylic acids is 1. The Morgan fingerprint density at radius 1 is 1.32 bits per heavy atom. The average Bonchev–Trinajstić information content (AvgIpc) is 2.47. The average molecular weight is 307 g/mol. The van der Waals surface area contributed by atoms with Crippen molar-refractivity contribution in [2.45, 2.75) is 26.7 Å². The molecule has 1 amide bonds. The van der Waals surface area contributed by atoms with Gasteiger partial charge >= 0.3 is 5.97 Å². The van der Waals surface area contributed by atoms with E-state index in [0.29, 0.717) is 23.7 Å². The van der Waals surface area contributed by atoms with Gasteiger partial charge in [-0.3, -0.25) is 4.79 Å². The molecule has 0 saturated heterocycles. The molecule has 0 saturated carbocycles. The second-order valence-electron chi connectivity index (χ2n) is 4.66. The molecule has 0 radical (unpaired) electrons. The highest BCUT2D eigenvalue weighted by molar-refractivity contribution is 5.96. The molecule has 2 N–H and O–H groups in total. The molecule has 0 spiro atoms. The molecule has 0 aliphatic rings. The van der Waals surface area contributed by atoms with Gasteiger partial charge in [0.25, 0.3) is 0 Å². The largest absolute Gasteiger partial charge is 0.493 e. The molecule has 6 heteroatoms. The first-order valence-corrected chi connectivity index (χ1v) is 7.01. The lowest BCUT2D eigenvalue weighted by atomic mass is 10.1. The van der Waals surface area contributed by atoms with Gasteiger partial charge in [-0.15, -0.1) is 0 Å². The number of aliphatic carboxylic acids is 1. The number of benzene rings is 1. The Labute approximate surface area is 129 Å². The van der Waals surface area contributed by atoms with E-state index in [1.165, 1.54) is 20.1 Å². The summed E-state index contributed by atoms with van der Waals surface area (Å²) < 4.78 is 10.9. The number of ether oxygens (including phenoxy) is 2. The number of hydrogen-bond donors (Lipinski definition) is 2. The first kappa shape index (κ1) is 17.6. The standard InChI is InChI=1S/C16H21NO5/c1-4-5-8-22-14-7-6-12(10-15(14)21-3)9-13(16(19)20)17-11(2)18/h6-7,9-10H,4-5,8H2,1-3H3,(H,17,18)(H,19,20)/b13-9+. The summed E-state index contributed by atoms with van der Waals surface area (Å²) in [6.07, 6.45) is 3.33. The van der Waals surface area contributed by atoms with Crippen LogP contribution in [0.15, 0.2) is 23.9 Å². The van der Waals surface area contributed by atoms with Gasteiger partial charge < -0.3 is 19.9 Å². The van der Waals surface area contributed by atoms with Crippen LogP contribution < -0.4 is 14.8 Å². The lowest BCUT2D eigenvalue weighted by Gasteiger charge is -2.11. The van der Waals surface area contributed by atoms with Crippen LogP contribution in [0.1, 0.15) is 32.3 Å². The molecular formula is C16H21NO5. The first-order valence-electron chi connectivity index (χ1n) is 7.01. The molecule has 0 aliphatic heterocycles. The van der Waals surface area contributed by atoms with Crippen LogP contribution in [0.3, 0.4) is 0 Å². The zero-order valence-electron chi connectivity index (χ0n) is 13.0. The van der Waals surface area contributed by atoms with Crippen molar-refractivity contribution in [3.05, 3.63) is 29.5 Å². The van der Waals surface area contributed by atoms with Gasteiger partial charge in [-0.1, -0.05) is 19.4 Å². The maximum atomic E-state index is 11.1. The van der Waals surface area contributed by atoms with E-state index in [1.54, 1.807) is 18.2 Å². The molecule has 1 aromatic rings. The van der Waals surface area contributed by atoms with Crippen LogP contribution >= 0.6 is 0 Å². The Kier molecular flexibility index (Phi) is 6.95. The lowest BCUT2D eigenvalue weighted by molar-refractivity contribution is -0.134. The van der Waals surface area contributed by atoms with Crippen LogP contribution in [0.4, 0.5) is 0 Å². The molecule has 120 valence electrons. The van der Waals surface area contributed by atoms with Crippen molar-refractivity contribution >= 4 is 18.0 Å².